The normalized spacial score (nSPS) is 10.1. The molecule has 2 rings (SSSR count). The average Bonchev–Trinajstić information content (AvgIpc) is 2.36. The Kier molecular flexibility index (Phi) is 3.57. The molecule has 6 heteroatoms. The lowest BCUT2D eigenvalue weighted by Gasteiger charge is -2.04. The van der Waals surface area contributed by atoms with Gasteiger partial charge in [-0.25, -0.2) is 8.78 Å². The predicted molar refractivity (Wildman–Crippen MR) is 59.6 cm³/mol. The highest BCUT2D eigenvalue weighted by Gasteiger charge is 2.09. The van der Waals surface area contributed by atoms with Gasteiger partial charge in [0, 0.05) is 24.0 Å². The molecule has 1 aromatic carbocycles. The van der Waals surface area contributed by atoms with Crippen LogP contribution in [0.5, 0.6) is 0 Å². The molecule has 1 N–H and O–H groups in total. The van der Waals surface area contributed by atoms with E-state index in [-0.39, 0.29) is 12.1 Å². The highest BCUT2D eigenvalue weighted by molar-refractivity contribution is 5.94. The first-order valence-corrected chi connectivity index (χ1v) is 5.14. The fourth-order valence-corrected chi connectivity index (χ4v) is 1.38. The van der Waals surface area contributed by atoms with E-state index in [1.807, 2.05) is 0 Å². The number of nitrogens with zero attached hydrogens (tertiary/aromatic N) is 2. The van der Waals surface area contributed by atoms with Crippen LogP contribution in [-0.2, 0) is 6.54 Å². The molecule has 0 atom stereocenters. The van der Waals surface area contributed by atoms with Gasteiger partial charge in [0.2, 0.25) is 0 Å². The number of carbonyl (C=O) groups is 1. The van der Waals surface area contributed by atoms with E-state index in [9.17, 15) is 13.6 Å². The molecule has 4 nitrogen and oxygen atoms in total. The molecule has 0 spiro atoms. The number of benzene rings is 1. The summed E-state index contributed by atoms with van der Waals surface area (Å²) >= 11 is 0. The van der Waals surface area contributed by atoms with Crippen molar-refractivity contribution in [3.8, 4) is 0 Å². The van der Waals surface area contributed by atoms with Crippen molar-refractivity contribution in [1.82, 2.24) is 15.3 Å². The lowest BCUT2D eigenvalue weighted by Crippen LogP contribution is -2.23. The van der Waals surface area contributed by atoms with Crippen molar-refractivity contribution in [3.63, 3.8) is 0 Å². The number of nitrogens with one attached hydrogen (secondary N) is 1. The minimum Gasteiger partial charge on any atom is -0.346 e. The number of hydrogen-bond acceptors (Lipinski definition) is 3. The summed E-state index contributed by atoms with van der Waals surface area (Å²) in [6.45, 7) is 0.144. The summed E-state index contributed by atoms with van der Waals surface area (Å²) in [6.07, 6.45) is 4.49. The number of amides is 1. The van der Waals surface area contributed by atoms with Gasteiger partial charge in [-0.05, 0) is 12.1 Å². The van der Waals surface area contributed by atoms with Crippen LogP contribution in [0.25, 0.3) is 0 Å². The standard InChI is InChI=1S/C12H9F2N3O/c13-9-3-8(4-10(14)5-9)12(18)17-7-11-6-15-1-2-16-11/h1-6H,7H2,(H,17,18). The summed E-state index contributed by atoms with van der Waals surface area (Å²) in [5.74, 6) is -2.15. The number of aromatic nitrogens is 2. The third kappa shape index (κ3) is 3.07. The van der Waals surface area contributed by atoms with Gasteiger partial charge in [-0.1, -0.05) is 0 Å². The second-order valence-electron chi connectivity index (χ2n) is 3.54. The second-order valence-corrected chi connectivity index (χ2v) is 3.54. The highest BCUT2D eigenvalue weighted by atomic mass is 19.1. The molecule has 0 aliphatic carbocycles. The van der Waals surface area contributed by atoms with Crippen LogP contribution in [0.3, 0.4) is 0 Å². The third-order valence-electron chi connectivity index (χ3n) is 2.17. The SMILES string of the molecule is O=C(NCc1cnccn1)c1cc(F)cc(F)c1. The van der Waals surface area contributed by atoms with E-state index in [0.29, 0.717) is 11.8 Å². The molecule has 2 aromatic rings. The van der Waals surface area contributed by atoms with Gasteiger partial charge in [-0.3, -0.25) is 14.8 Å². The highest BCUT2D eigenvalue weighted by Crippen LogP contribution is 2.07. The van der Waals surface area contributed by atoms with E-state index in [0.717, 1.165) is 12.1 Å². The maximum absolute atomic E-state index is 12.9. The van der Waals surface area contributed by atoms with Gasteiger partial charge < -0.3 is 5.32 Å². The topological polar surface area (TPSA) is 54.9 Å². The molecule has 0 saturated heterocycles. The molecule has 1 amide bonds. The van der Waals surface area contributed by atoms with E-state index in [1.54, 1.807) is 0 Å². The molecule has 0 fully saturated rings. The third-order valence-corrected chi connectivity index (χ3v) is 2.17. The van der Waals surface area contributed by atoms with E-state index in [1.165, 1.54) is 18.6 Å². The van der Waals surface area contributed by atoms with Gasteiger partial charge in [-0.15, -0.1) is 0 Å². The van der Waals surface area contributed by atoms with Crippen molar-refractivity contribution in [2.45, 2.75) is 6.54 Å². The second kappa shape index (κ2) is 5.31. The van der Waals surface area contributed by atoms with Crippen LogP contribution in [-0.4, -0.2) is 15.9 Å². The fourth-order valence-electron chi connectivity index (χ4n) is 1.38. The molecular weight excluding hydrogens is 240 g/mol. The largest absolute Gasteiger partial charge is 0.346 e. The summed E-state index contributed by atoms with van der Waals surface area (Å²) in [4.78, 5) is 19.4. The molecule has 0 saturated carbocycles. The molecule has 0 bridgehead atoms. The molecule has 0 aliphatic heterocycles. The summed E-state index contributed by atoms with van der Waals surface area (Å²) < 4.78 is 25.8. The molecular formula is C12H9F2N3O. The molecule has 92 valence electrons. The number of hydrogen-bond donors (Lipinski definition) is 1. The Bertz CT molecular complexity index is 540. The van der Waals surface area contributed by atoms with E-state index in [2.05, 4.69) is 15.3 Å². The van der Waals surface area contributed by atoms with Gasteiger partial charge in [0.05, 0.1) is 18.4 Å². The minimum absolute atomic E-state index is 0.0728. The van der Waals surface area contributed by atoms with Gasteiger partial charge in [-0.2, -0.15) is 0 Å². The Morgan fingerprint density at radius 1 is 1.17 bits per heavy atom. The maximum Gasteiger partial charge on any atom is 0.251 e. The van der Waals surface area contributed by atoms with Crippen molar-refractivity contribution < 1.29 is 13.6 Å². The van der Waals surface area contributed by atoms with Crippen LogP contribution in [0, 0.1) is 11.6 Å². The zero-order chi connectivity index (χ0) is 13.0. The summed E-state index contributed by atoms with van der Waals surface area (Å²) in [5, 5.41) is 2.49. The number of rotatable bonds is 3. The van der Waals surface area contributed by atoms with E-state index >= 15 is 0 Å². The van der Waals surface area contributed by atoms with Crippen molar-refractivity contribution in [2.75, 3.05) is 0 Å². The molecule has 0 unspecified atom stereocenters. The minimum atomic E-state index is -0.792. The van der Waals surface area contributed by atoms with E-state index in [4.69, 9.17) is 0 Å². The Morgan fingerprint density at radius 2 is 1.89 bits per heavy atom. The molecule has 0 radical (unpaired) electrons. The van der Waals surface area contributed by atoms with Crippen LogP contribution >= 0.6 is 0 Å². The smallest absolute Gasteiger partial charge is 0.251 e. The maximum atomic E-state index is 12.9. The monoisotopic (exact) mass is 249 g/mol. The van der Waals surface area contributed by atoms with Crippen molar-refractivity contribution in [3.05, 3.63) is 59.7 Å². The van der Waals surface area contributed by atoms with Crippen LogP contribution in [0.2, 0.25) is 0 Å². The number of carbonyl (C=O) groups excluding carboxylic acids is 1. The van der Waals surface area contributed by atoms with Gasteiger partial charge >= 0.3 is 0 Å². The predicted octanol–water partition coefficient (Wildman–Crippen LogP) is 1.68. The molecule has 1 heterocycles. The first-order chi connectivity index (χ1) is 8.65. The Hall–Kier alpha value is -2.37. The van der Waals surface area contributed by atoms with E-state index < -0.39 is 17.5 Å². The van der Waals surface area contributed by atoms with Gasteiger partial charge in [0.15, 0.2) is 0 Å². The Morgan fingerprint density at radius 3 is 2.50 bits per heavy atom. The molecule has 18 heavy (non-hydrogen) atoms. The van der Waals surface area contributed by atoms with Crippen LogP contribution < -0.4 is 5.32 Å². The van der Waals surface area contributed by atoms with Gasteiger partial charge in [0.25, 0.3) is 5.91 Å². The van der Waals surface area contributed by atoms with Crippen molar-refractivity contribution >= 4 is 5.91 Å². The zero-order valence-corrected chi connectivity index (χ0v) is 9.23. The Balaban J connectivity index is 2.04. The lowest BCUT2D eigenvalue weighted by molar-refractivity contribution is 0.0949. The summed E-state index contributed by atoms with van der Waals surface area (Å²) in [5.41, 5.74) is 0.485. The first-order valence-electron chi connectivity index (χ1n) is 5.14. The average molecular weight is 249 g/mol. The van der Waals surface area contributed by atoms with Crippen LogP contribution in [0.1, 0.15) is 16.1 Å². The van der Waals surface area contributed by atoms with Crippen molar-refractivity contribution in [1.29, 1.82) is 0 Å². The molecule has 0 aliphatic rings. The fraction of sp³-hybridized carbons (Fsp3) is 0.0833. The quantitative estimate of drug-likeness (QED) is 0.900. The van der Waals surface area contributed by atoms with Crippen molar-refractivity contribution in [2.24, 2.45) is 0 Å². The van der Waals surface area contributed by atoms with Crippen LogP contribution in [0.4, 0.5) is 8.78 Å². The summed E-state index contributed by atoms with van der Waals surface area (Å²) in [7, 11) is 0. The summed E-state index contributed by atoms with van der Waals surface area (Å²) in [6, 6.07) is 2.64. The van der Waals surface area contributed by atoms with Crippen LogP contribution in [0.15, 0.2) is 36.8 Å². The lowest BCUT2D eigenvalue weighted by atomic mass is 10.2. The zero-order valence-electron chi connectivity index (χ0n) is 9.23. The Labute approximate surface area is 102 Å². The van der Waals surface area contributed by atoms with Gasteiger partial charge in [0.1, 0.15) is 11.6 Å². The first kappa shape index (κ1) is 12.1. The number of halogens is 2. The molecule has 1 aromatic heterocycles.